The summed E-state index contributed by atoms with van der Waals surface area (Å²) in [5.41, 5.74) is 1.46. The monoisotopic (exact) mass is 261 g/mol. The molecule has 102 valence electrons. The Balaban J connectivity index is 2.83. The molecule has 0 aliphatic heterocycles. The van der Waals surface area contributed by atoms with E-state index in [0.717, 1.165) is 5.69 Å². The van der Waals surface area contributed by atoms with E-state index in [1.165, 1.54) is 0 Å². The fourth-order valence-electron chi connectivity index (χ4n) is 1.96. The average molecular weight is 261 g/mol. The molecule has 2 heterocycles. The van der Waals surface area contributed by atoms with Crippen molar-refractivity contribution in [3.63, 3.8) is 0 Å². The Morgan fingerprint density at radius 3 is 2.47 bits per heavy atom. The number of carboxylic acid groups (broad SMARTS) is 1. The van der Waals surface area contributed by atoms with Gasteiger partial charge in [0.15, 0.2) is 5.65 Å². The molecule has 0 saturated heterocycles. The number of hydrogen-bond acceptors (Lipinski definition) is 3. The maximum atomic E-state index is 11.4. The fraction of sp³-hybridized carbons (Fsp3) is 0.500. The number of carboxylic acids is 1. The normalized spacial score (nSPS) is 12.3. The second kappa shape index (κ2) is 4.33. The highest BCUT2D eigenvalue weighted by Crippen LogP contribution is 2.27. The lowest BCUT2D eigenvalue weighted by molar-refractivity contribution is 0.0698. The summed E-state index contributed by atoms with van der Waals surface area (Å²) < 4.78 is 1.76. The summed E-state index contributed by atoms with van der Waals surface area (Å²) in [4.78, 5) is 16.0. The molecule has 0 bridgehead atoms. The van der Waals surface area contributed by atoms with Crippen LogP contribution in [0.15, 0.2) is 12.3 Å². The third-order valence-electron chi connectivity index (χ3n) is 3.05. The van der Waals surface area contributed by atoms with Crippen molar-refractivity contribution in [2.45, 2.75) is 46.1 Å². The van der Waals surface area contributed by atoms with Crippen molar-refractivity contribution in [3.8, 4) is 0 Å². The molecule has 2 aromatic rings. The number of rotatable bonds is 2. The van der Waals surface area contributed by atoms with E-state index in [0.29, 0.717) is 11.0 Å². The van der Waals surface area contributed by atoms with E-state index in [4.69, 9.17) is 0 Å². The van der Waals surface area contributed by atoms with E-state index in [9.17, 15) is 9.90 Å². The van der Waals surface area contributed by atoms with Crippen molar-refractivity contribution in [3.05, 3.63) is 23.5 Å². The highest BCUT2D eigenvalue weighted by Gasteiger charge is 2.22. The van der Waals surface area contributed by atoms with Gasteiger partial charge in [-0.1, -0.05) is 20.8 Å². The van der Waals surface area contributed by atoms with Crippen LogP contribution in [0.5, 0.6) is 0 Å². The van der Waals surface area contributed by atoms with Crippen LogP contribution in [-0.2, 0) is 5.41 Å². The molecule has 19 heavy (non-hydrogen) atoms. The average Bonchev–Trinajstić information content (AvgIpc) is 2.69. The number of aromatic carboxylic acids is 1. The number of nitrogens with zero attached hydrogens (tertiary/aromatic N) is 3. The van der Waals surface area contributed by atoms with Gasteiger partial charge in [-0.25, -0.2) is 14.5 Å². The van der Waals surface area contributed by atoms with Crippen LogP contribution < -0.4 is 0 Å². The predicted octanol–water partition coefficient (Wildman–Crippen LogP) is 3.01. The van der Waals surface area contributed by atoms with Gasteiger partial charge in [0.05, 0.1) is 17.1 Å². The minimum Gasteiger partial charge on any atom is -0.478 e. The Morgan fingerprint density at radius 1 is 1.37 bits per heavy atom. The molecular formula is C14H19N3O2. The third-order valence-corrected chi connectivity index (χ3v) is 3.05. The summed E-state index contributed by atoms with van der Waals surface area (Å²) in [6.07, 6.45) is 1.58. The smallest absolute Gasteiger partial charge is 0.336 e. The molecule has 0 atom stereocenters. The molecule has 5 heteroatoms. The third kappa shape index (κ3) is 2.32. The second-order valence-corrected chi connectivity index (χ2v) is 6.03. The number of carbonyl (C=O) groups is 1. The van der Waals surface area contributed by atoms with Gasteiger partial charge in [0.2, 0.25) is 0 Å². The molecule has 0 unspecified atom stereocenters. The van der Waals surface area contributed by atoms with Crippen molar-refractivity contribution in [2.75, 3.05) is 0 Å². The maximum Gasteiger partial charge on any atom is 0.336 e. The molecule has 0 aliphatic rings. The quantitative estimate of drug-likeness (QED) is 0.902. The maximum absolute atomic E-state index is 11.4. The molecule has 0 fully saturated rings. The van der Waals surface area contributed by atoms with Crippen LogP contribution in [-0.4, -0.2) is 25.8 Å². The largest absolute Gasteiger partial charge is 0.478 e. The van der Waals surface area contributed by atoms with Crippen LogP contribution >= 0.6 is 0 Å². The zero-order valence-electron chi connectivity index (χ0n) is 11.9. The van der Waals surface area contributed by atoms with E-state index in [1.807, 2.05) is 34.6 Å². The van der Waals surface area contributed by atoms with Crippen molar-refractivity contribution in [2.24, 2.45) is 0 Å². The van der Waals surface area contributed by atoms with E-state index >= 15 is 0 Å². The predicted molar refractivity (Wildman–Crippen MR) is 73.6 cm³/mol. The molecule has 0 spiro atoms. The lowest BCUT2D eigenvalue weighted by Gasteiger charge is -2.19. The van der Waals surface area contributed by atoms with Crippen molar-refractivity contribution in [1.82, 2.24) is 14.8 Å². The summed E-state index contributed by atoms with van der Waals surface area (Å²) in [5, 5.41) is 14.2. The van der Waals surface area contributed by atoms with Gasteiger partial charge in [-0.05, 0) is 19.9 Å². The van der Waals surface area contributed by atoms with Crippen LogP contribution in [0.2, 0.25) is 0 Å². The SMILES string of the molecule is CC(C)n1ncc2c(C(=O)O)cc(C(C)(C)C)nc21. The first kappa shape index (κ1) is 13.5. The minimum absolute atomic E-state index is 0.141. The summed E-state index contributed by atoms with van der Waals surface area (Å²) in [6.45, 7) is 10.0. The van der Waals surface area contributed by atoms with Crippen molar-refractivity contribution >= 4 is 17.0 Å². The van der Waals surface area contributed by atoms with Gasteiger partial charge in [-0.3, -0.25) is 0 Å². The van der Waals surface area contributed by atoms with Crippen LogP contribution in [0.4, 0.5) is 0 Å². The highest BCUT2D eigenvalue weighted by molar-refractivity contribution is 6.01. The first-order valence-corrected chi connectivity index (χ1v) is 6.34. The Hall–Kier alpha value is -1.91. The van der Waals surface area contributed by atoms with Gasteiger partial charge in [0, 0.05) is 17.2 Å². The molecule has 1 N–H and O–H groups in total. The Bertz CT molecular complexity index is 636. The summed E-state index contributed by atoms with van der Waals surface area (Å²) in [7, 11) is 0. The van der Waals surface area contributed by atoms with E-state index in [-0.39, 0.29) is 17.0 Å². The Morgan fingerprint density at radius 2 is 2.00 bits per heavy atom. The zero-order chi connectivity index (χ0) is 14.4. The van der Waals surface area contributed by atoms with E-state index in [2.05, 4.69) is 10.1 Å². The van der Waals surface area contributed by atoms with Crippen LogP contribution in [0.25, 0.3) is 11.0 Å². The Labute approximate surface area is 112 Å². The zero-order valence-corrected chi connectivity index (χ0v) is 11.9. The van der Waals surface area contributed by atoms with Gasteiger partial charge in [0.25, 0.3) is 0 Å². The second-order valence-electron chi connectivity index (χ2n) is 6.03. The fourth-order valence-corrected chi connectivity index (χ4v) is 1.96. The van der Waals surface area contributed by atoms with Crippen LogP contribution in [0.1, 0.15) is 56.7 Å². The standard InChI is InChI=1S/C14H19N3O2/c1-8(2)17-12-10(7-15-17)9(13(18)19)6-11(16-12)14(3,4)5/h6-8H,1-5H3,(H,18,19). The molecule has 0 radical (unpaired) electrons. The molecule has 0 saturated carbocycles. The van der Waals surface area contributed by atoms with Gasteiger partial charge < -0.3 is 5.11 Å². The van der Waals surface area contributed by atoms with Gasteiger partial charge in [0.1, 0.15) is 0 Å². The lowest BCUT2D eigenvalue weighted by atomic mass is 9.90. The van der Waals surface area contributed by atoms with Crippen molar-refractivity contribution < 1.29 is 9.90 Å². The summed E-state index contributed by atoms with van der Waals surface area (Å²) in [5.74, 6) is -0.943. The molecule has 2 aromatic heterocycles. The molecule has 0 aromatic carbocycles. The number of fused-ring (bicyclic) bond motifs is 1. The first-order chi connectivity index (χ1) is 8.71. The number of hydrogen-bond donors (Lipinski definition) is 1. The summed E-state index contributed by atoms with van der Waals surface area (Å²) >= 11 is 0. The lowest BCUT2D eigenvalue weighted by Crippen LogP contribution is -2.16. The van der Waals surface area contributed by atoms with Crippen molar-refractivity contribution in [1.29, 1.82) is 0 Å². The van der Waals surface area contributed by atoms with Gasteiger partial charge >= 0.3 is 5.97 Å². The summed E-state index contributed by atoms with van der Waals surface area (Å²) in [6, 6.07) is 1.79. The molecule has 2 rings (SSSR count). The number of aromatic nitrogens is 3. The van der Waals surface area contributed by atoms with Crippen LogP contribution in [0, 0.1) is 0 Å². The minimum atomic E-state index is -0.943. The molecular weight excluding hydrogens is 242 g/mol. The molecule has 5 nitrogen and oxygen atoms in total. The topological polar surface area (TPSA) is 68.0 Å². The van der Waals surface area contributed by atoms with Gasteiger partial charge in [-0.15, -0.1) is 0 Å². The van der Waals surface area contributed by atoms with Crippen LogP contribution in [0.3, 0.4) is 0 Å². The first-order valence-electron chi connectivity index (χ1n) is 6.34. The van der Waals surface area contributed by atoms with Gasteiger partial charge in [-0.2, -0.15) is 5.10 Å². The highest BCUT2D eigenvalue weighted by atomic mass is 16.4. The number of pyridine rings is 1. The van der Waals surface area contributed by atoms with E-state index in [1.54, 1.807) is 16.9 Å². The Kier molecular flexibility index (Phi) is 3.08. The molecule has 0 aliphatic carbocycles. The molecule has 0 amide bonds. The van der Waals surface area contributed by atoms with E-state index < -0.39 is 5.97 Å².